The van der Waals surface area contributed by atoms with Gasteiger partial charge in [-0.15, -0.1) is 0 Å². The molecule has 1 aliphatic carbocycles. The van der Waals surface area contributed by atoms with Crippen molar-refractivity contribution >= 4 is 0 Å². The highest BCUT2D eigenvalue weighted by Gasteiger charge is 2.30. The van der Waals surface area contributed by atoms with E-state index in [1.54, 1.807) is 0 Å². The number of hydrogen-bond donors (Lipinski definition) is 2. The molecule has 19 heavy (non-hydrogen) atoms. The molecule has 1 fully saturated rings. The summed E-state index contributed by atoms with van der Waals surface area (Å²) >= 11 is 0. The van der Waals surface area contributed by atoms with Crippen LogP contribution in [0.15, 0.2) is 30.5 Å². The van der Waals surface area contributed by atoms with Gasteiger partial charge in [0.05, 0.1) is 6.20 Å². The summed E-state index contributed by atoms with van der Waals surface area (Å²) in [6, 6.07) is 9.41. The molecular formula is C16H21N3. The summed E-state index contributed by atoms with van der Waals surface area (Å²) in [4.78, 5) is 0. The van der Waals surface area contributed by atoms with Gasteiger partial charge in [0.1, 0.15) is 0 Å². The average molecular weight is 255 g/mol. The Morgan fingerprint density at radius 1 is 1.26 bits per heavy atom. The van der Waals surface area contributed by atoms with Crippen molar-refractivity contribution in [2.75, 3.05) is 0 Å². The molecule has 1 saturated carbocycles. The minimum Gasteiger partial charge on any atom is -0.310 e. The lowest BCUT2D eigenvalue weighted by Crippen LogP contribution is -2.39. The SMILES string of the molecule is Cc1ccccc1C1CC(NCc2cn[nH]c2C)C1. The minimum atomic E-state index is 0.652. The standard InChI is InChI=1S/C16H21N3/c1-11-5-3-4-6-16(11)13-7-15(8-13)17-9-14-10-18-19-12(14)2/h3-6,10,13,15,17H,7-9H2,1-2H3,(H,18,19). The highest BCUT2D eigenvalue weighted by Crippen LogP contribution is 2.38. The molecule has 0 atom stereocenters. The molecular weight excluding hydrogens is 234 g/mol. The van der Waals surface area contributed by atoms with Crippen LogP contribution in [-0.2, 0) is 6.54 Å². The van der Waals surface area contributed by atoms with Crippen LogP contribution in [0.2, 0.25) is 0 Å². The first kappa shape index (κ1) is 12.4. The maximum Gasteiger partial charge on any atom is 0.0535 e. The molecule has 0 spiro atoms. The largest absolute Gasteiger partial charge is 0.310 e. The summed E-state index contributed by atoms with van der Waals surface area (Å²) in [5.41, 5.74) is 5.40. The molecule has 3 heteroatoms. The predicted octanol–water partition coefficient (Wildman–Crippen LogP) is 3.06. The number of benzene rings is 1. The molecule has 0 unspecified atom stereocenters. The maximum absolute atomic E-state index is 4.05. The Kier molecular flexibility index (Phi) is 3.38. The van der Waals surface area contributed by atoms with Crippen molar-refractivity contribution in [2.24, 2.45) is 0 Å². The lowest BCUT2D eigenvalue weighted by Gasteiger charge is -2.37. The molecule has 2 aromatic rings. The summed E-state index contributed by atoms with van der Waals surface area (Å²) in [5, 5.41) is 10.7. The Bertz CT molecular complexity index is 553. The third-order valence-electron chi connectivity index (χ3n) is 4.28. The molecule has 0 amide bonds. The molecule has 0 radical (unpaired) electrons. The molecule has 3 nitrogen and oxygen atoms in total. The Balaban J connectivity index is 1.51. The zero-order chi connectivity index (χ0) is 13.2. The van der Waals surface area contributed by atoms with Gasteiger partial charge < -0.3 is 5.32 Å². The molecule has 100 valence electrons. The average Bonchev–Trinajstić information content (AvgIpc) is 2.75. The number of nitrogens with zero attached hydrogens (tertiary/aromatic N) is 1. The van der Waals surface area contributed by atoms with Crippen LogP contribution >= 0.6 is 0 Å². The van der Waals surface area contributed by atoms with Gasteiger partial charge in [0.25, 0.3) is 0 Å². The van der Waals surface area contributed by atoms with E-state index in [1.165, 1.54) is 35.2 Å². The van der Waals surface area contributed by atoms with E-state index in [-0.39, 0.29) is 0 Å². The van der Waals surface area contributed by atoms with Crippen molar-refractivity contribution in [1.82, 2.24) is 15.5 Å². The molecule has 3 rings (SSSR count). The molecule has 1 aliphatic rings. The van der Waals surface area contributed by atoms with Crippen LogP contribution in [0.25, 0.3) is 0 Å². The first-order chi connectivity index (χ1) is 9.24. The number of aryl methyl sites for hydroxylation is 2. The summed E-state index contributed by atoms with van der Waals surface area (Å²) < 4.78 is 0. The van der Waals surface area contributed by atoms with E-state index in [4.69, 9.17) is 0 Å². The van der Waals surface area contributed by atoms with Gasteiger partial charge in [0.2, 0.25) is 0 Å². The lowest BCUT2D eigenvalue weighted by atomic mass is 9.74. The summed E-state index contributed by atoms with van der Waals surface area (Å²) in [5.74, 6) is 0.740. The third kappa shape index (κ3) is 2.56. The van der Waals surface area contributed by atoms with E-state index in [1.807, 2.05) is 6.20 Å². The van der Waals surface area contributed by atoms with Crippen molar-refractivity contribution in [3.05, 3.63) is 52.8 Å². The second-order valence-electron chi connectivity index (χ2n) is 5.62. The Labute approximate surface area is 114 Å². The van der Waals surface area contributed by atoms with Crippen LogP contribution in [0.5, 0.6) is 0 Å². The fourth-order valence-electron chi connectivity index (χ4n) is 2.89. The molecule has 0 saturated heterocycles. The van der Waals surface area contributed by atoms with Crippen molar-refractivity contribution < 1.29 is 0 Å². The van der Waals surface area contributed by atoms with Crippen molar-refractivity contribution in [1.29, 1.82) is 0 Å². The highest BCUT2D eigenvalue weighted by molar-refractivity contribution is 5.31. The van der Waals surface area contributed by atoms with Gasteiger partial charge in [-0.1, -0.05) is 24.3 Å². The van der Waals surface area contributed by atoms with Gasteiger partial charge in [-0.2, -0.15) is 5.10 Å². The van der Waals surface area contributed by atoms with Crippen LogP contribution in [0.3, 0.4) is 0 Å². The van der Waals surface area contributed by atoms with E-state index in [0.29, 0.717) is 6.04 Å². The van der Waals surface area contributed by atoms with Gasteiger partial charge >= 0.3 is 0 Å². The number of nitrogens with one attached hydrogen (secondary N) is 2. The third-order valence-corrected chi connectivity index (χ3v) is 4.28. The van der Waals surface area contributed by atoms with Gasteiger partial charge in [0.15, 0.2) is 0 Å². The van der Waals surface area contributed by atoms with Crippen LogP contribution in [0.1, 0.15) is 41.1 Å². The van der Waals surface area contributed by atoms with Crippen LogP contribution < -0.4 is 5.32 Å². The van der Waals surface area contributed by atoms with Crippen molar-refractivity contribution in [3.63, 3.8) is 0 Å². The zero-order valence-electron chi connectivity index (χ0n) is 11.6. The van der Waals surface area contributed by atoms with E-state index >= 15 is 0 Å². The molecule has 0 aliphatic heterocycles. The molecule has 1 aromatic carbocycles. The van der Waals surface area contributed by atoms with E-state index in [2.05, 4.69) is 53.6 Å². The van der Waals surface area contributed by atoms with Crippen LogP contribution in [0, 0.1) is 13.8 Å². The number of H-pyrrole nitrogens is 1. The summed E-state index contributed by atoms with van der Waals surface area (Å²) in [6.45, 7) is 5.21. The van der Waals surface area contributed by atoms with Gasteiger partial charge in [-0.25, -0.2) is 0 Å². The second-order valence-corrected chi connectivity index (χ2v) is 5.62. The number of aromatic amines is 1. The van der Waals surface area contributed by atoms with Crippen LogP contribution in [0.4, 0.5) is 0 Å². The highest BCUT2D eigenvalue weighted by atomic mass is 15.1. The van der Waals surface area contributed by atoms with E-state index in [9.17, 15) is 0 Å². The summed E-state index contributed by atoms with van der Waals surface area (Å²) in [7, 11) is 0. The monoisotopic (exact) mass is 255 g/mol. The molecule has 0 bridgehead atoms. The Morgan fingerprint density at radius 3 is 2.74 bits per heavy atom. The number of aromatic nitrogens is 2. The minimum absolute atomic E-state index is 0.652. The molecule has 2 N–H and O–H groups in total. The van der Waals surface area contributed by atoms with Crippen molar-refractivity contribution in [2.45, 2.75) is 45.2 Å². The molecule has 1 aromatic heterocycles. The quantitative estimate of drug-likeness (QED) is 0.881. The number of hydrogen-bond acceptors (Lipinski definition) is 2. The maximum atomic E-state index is 4.05. The first-order valence-electron chi connectivity index (χ1n) is 7.02. The lowest BCUT2D eigenvalue weighted by molar-refractivity contribution is 0.288. The topological polar surface area (TPSA) is 40.7 Å². The predicted molar refractivity (Wildman–Crippen MR) is 77.1 cm³/mol. The second kappa shape index (κ2) is 5.17. The van der Waals surface area contributed by atoms with E-state index in [0.717, 1.165) is 12.5 Å². The van der Waals surface area contributed by atoms with Gasteiger partial charge in [-0.05, 0) is 43.7 Å². The van der Waals surface area contributed by atoms with Crippen molar-refractivity contribution in [3.8, 4) is 0 Å². The fourth-order valence-corrected chi connectivity index (χ4v) is 2.89. The first-order valence-corrected chi connectivity index (χ1v) is 7.02. The smallest absolute Gasteiger partial charge is 0.0535 e. The molecule has 1 heterocycles. The Morgan fingerprint density at radius 2 is 2.05 bits per heavy atom. The fraction of sp³-hybridized carbons (Fsp3) is 0.438. The number of rotatable bonds is 4. The van der Waals surface area contributed by atoms with Gasteiger partial charge in [0, 0.05) is 23.8 Å². The zero-order valence-corrected chi connectivity index (χ0v) is 11.6. The van der Waals surface area contributed by atoms with E-state index < -0.39 is 0 Å². The normalized spacial score (nSPS) is 22.2. The Hall–Kier alpha value is -1.61. The van der Waals surface area contributed by atoms with Crippen LogP contribution in [-0.4, -0.2) is 16.2 Å². The summed E-state index contributed by atoms with van der Waals surface area (Å²) in [6.07, 6.45) is 4.42. The van der Waals surface area contributed by atoms with Gasteiger partial charge in [-0.3, -0.25) is 5.10 Å².